The van der Waals surface area contributed by atoms with E-state index in [1.807, 2.05) is 6.08 Å². The Bertz CT molecular complexity index is 199. The Labute approximate surface area is 81.5 Å². The van der Waals surface area contributed by atoms with Gasteiger partial charge in [0.05, 0.1) is 0 Å². The number of carbonyl (C=O) groups excluding carboxylic acids is 1. The van der Waals surface area contributed by atoms with E-state index in [0.29, 0.717) is 6.42 Å². The van der Waals surface area contributed by atoms with Crippen LogP contribution in [0.4, 0.5) is 0 Å². The first-order chi connectivity index (χ1) is 6.04. The summed E-state index contributed by atoms with van der Waals surface area (Å²) in [6.45, 7) is 10.0. The smallest absolute Gasteiger partial charge is 0.120 e. The van der Waals surface area contributed by atoms with Crippen LogP contribution in [0.2, 0.25) is 0 Å². The molecule has 74 valence electrons. The van der Waals surface area contributed by atoms with Crippen LogP contribution in [0.25, 0.3) is 0 Å². The van der Waals surface area contributed by atoms with E-state index in [0.717, 1.165) is 19.1 Å². The maximum Gasteiger partial charge on any atom is 0.120 e. The number of rotatable bonds is 6. The molecule has 13 heavy (non-hydrogen) atoms. The van der Waals surface area contributed by atoms with Crippen LogP contribution in [-0.4, -0.2) is 6.29 Å². The van der Waals surface area contributed by atoms with Gasteiger partial charge < -0.3 is 4.79 Å². The van der Waals surface area contributed by atoms with E-state index >= 15 is 0 Å². The van der Waals surface area contributed by atoms with E-state index in [1.165, 1.54) is 5.57 Å². The van der Waals surface area contributed by atoms with Crippen LogP contribution in [0.5, 0.6) is 0 Å². The Kier molecular flexibility index (Phi) is 5.36. The van der Waals surface area contributed by atoms with Crippen LogP contribution < -0.4 is 0 Å². The fourth-order valence-electron chi connectivity index (χ4n) is 1.17. The first-order valence-corrected chi connectivity index (χ1v) is 4.74. The Balaban J connectivity index is 4.04. The summed E-state index contributed by atoms with van der Waals surface area (Å²) in [7, 11) is 0. The maximum atomic E-state index is 10.4. The predicted octanol–water partition coefficient (Wildman–Crippen LogP) is 3.51. The Morgan fingerprint density at radius 3 is 2.46 bits per heavy atom. The normalized spacial score (nSPS) is 14.4. The molecule has 0 saturated carbocycles. The summed E-state index contributed by atoms with van der Waals surface area (Å²) < 4.78 is 0. The Morgan fingerprint density at radius 1 is 1.46 bits per heavy atom. The van der Waals surface area contributed by atoms with Crippen LogP contribution in [-0.2, 0) is 4.79 Å². The minimum Gasteiger partial charge on any atom is -0.303 e. The summed E-state index contributed by atoms with van der Waals surface area (Å²) in [6, 6.07) is 0. The molecule has 0 bridgehead atoms. The SMILES string of the molecule is C=CC(C)(CC=O)CCC=C(C)C. The number of hydrogen-bond donors (Lipinski definition) is 0. The summed E-state index contributed by atoms with van der Waals surface area (Å²) in [5.74, 6) is 0. The maximum absolute atomic E-state index is 10.4. The molecule has 0 fully saturated rings. The number of aldehydes is 1. The summed E-state index contributed by atoms with van der Waals surface area (Å²) in [6.07, 6.45) is 7.67. The van der Waals surface area contributed by atoms with E-state index in [2.05, 4.69) is 33.4 Å². The molecule has 0 radical (unpaired) electrons. The molecule has 1 unspecified atom stereocenters. The van der Waals surface area contributed by atoms with Crippen LogP contribution in [0, 0.1) is 5.41 Å². The van der Waals surface area contributed by atoms with E-state index in [1.54, 1.807) is 0 Å². The summed E-state index contributed by atoms with van der Waals surface area (Å²) in [4.78, 5) is 10.4. The molecular weight excluding hydrogens is 160 g/mol. The summed E-state index contributed by atoms with van der Waals surface area (Å²) in [5, 5.41) is 0. The van der Waals surface area contributed by atoms with Crippen molar-refractivity contribution in [3.63, 3.8) is 0 Å². The molecule has 0 heterocycles. The molecule has 0 aliphatic carbocycles. The average Bonchev–Trinajstić information content (AvgIpc) is 2.04. The van der Waals surface area contributed by atoms with E-state index in [9.17, 15) is 4.79 Å². The van der Waals surface area contributed by atoms with Crippen molar-refractivity contribution in [3.05, 3.63) is 24.3 Å². The second-order valence-electron chi connectivity index (χ2n) is 4.05. The van der Waals surface area contributed by atoms with Gasteiger partial charge >= 0.3 is 0 Å². The molecular formula is C12H20O. The van der Waals surface area contributed by atoms with Crippen molar-refractivity contribution in [1.82, 2.24) is 0 Å². The third kappa shape index (κ3) is 5.40. The van der Waals surface area contributed by atoms with Gasteiger partial charge in [-0.3, -0.25) is 0 Å². The van der Waals surface area contributed by atoms with Gasteiger partial charge in [0.2, 0.25) is 0 Å². The molecule has 0 rings (SSSR count). The molecule has 0 spiro atoms. The van der Waals surface area contributed by atoms with Gasteiger partial charge in [-0.05, 0) is 32.1 Å². The van der Waals surface area contributed by atoms with Crippen molar-refractivity contribution >= 4 is 6.29 Å². The molecule has 1 heteroatoms. The molecule has 1 nitrogen and oxygen atoms in total. The van der Waals surface area contributed by atoms with Gasteiger partial charge in [-0.25, -0.2) is 0 Å². The van der Waals surface area contributed by atoms with E-state index < -0.39 is 0 Å². The van der Waals surface area contributed by atoms with Crippen molar-refractivity contribution in [2.24, 2.45) is 5.41 Å². The van der Waals surface area contributed by atoms with Crippen LogP contribution >= 0.6 is 0 Å². The summed E-state index contributed by atoms with van der Waals surface area (Å²) >= 11 is 0. The molecule has 0 aromatic heterocycles. The number of allylic oxidation sites excluding steroid dienone is 3. The third-order valence-electron chi connectivity index (χ3n) is 2.31. The van der Waals surface area contributed by atoms with Crippen molar-refractivity contribution in [2.75, 3.05) is 0 Å². The highest BCUT2D eigenvalue weighted by Gasteiger charge is 2.18. The van der Waals surface area contributed by atoms with Crippen molar-refractivity contribution in [2.45, 2.75) is 40.0 Å². The van der Waals surface area contributed by atoms with Gasteiger partial charge in [-0.2, -0.15) is 0 Å². The third-order valence-corrected chi connectivity index (χ3v) is 2.31. The largest absolute Gasteiger partial charge is 0.303 e. The highest BCUT2D eigenvalue weighted by Crippen LogP contribution is 2.28. The zero-order valence-electron chi connectivity index (χ0n) is 8.97. The van der Waals surface area contributed by atoms with Gasteiger partial charge in [-0.15, -0.1) is 6.58 Å². The van der Waals surface area contributed by atoms with E-state index in [4.69, 9.17) is 0 Å². The molecule has 0 aromatic rings. The highest BCUT2D eigenvalue weighted by molar-refractivity contribution is 5.51. The summed E-state index contributed by atoms with van der Waals surface area (Å²) in [5.41, 5.74) is 1.31. The lowest BCUT2D eigenvalue weighted by Gasteiger charge is -2.21. The van der Waals surface area contributed by atoms with E-state index in [-0.39, 0.29) is 5.41 Å². The molecule has 0 aromatic carbocycles. The zero-order valence-corrected chi connectivity index (χ0v) is 8.97. The quantitative estimate of drug-likeness (QED) is 0.451. The molecule has 0 amide bonds. The standard InChI is InChI=1S/C12H20O/c1-5-12(4,9-10-13)8-6-7-11(2)3/h5,7,10H,1,6,8-9H2,2-4H3. The van der Waals surface area contributed by atoms with Crippen molar-refractivity contribution < 1.29 is 4.79 Å². The lowest BCUT2D eigenvalue weighted by molar-refractivity contribution is -0.109. The minimum atomic E-state index is -0.0201. The minimum absolute atomic E-state index is 0.0201. The molecule has 0 aliphatic rings. The second-order valence-corrected chi connectivity index (χ2v) is 4.05. The van der Waals surface area contributed by atoms with Crippen molar-refractivity contribution in [3.8, 4) is 0 Å². The fraction of sp³-hybridized carbons (Fsp3) is 0.583. The monoisotopic (exact) mass is 180 g/mol. The number of hydrogen-bond acceptors (Lipinski definition) is 1. The van der Waals surface area contributed by atoms with Gasteiger partial charge in [0.15, 0.2) is 0 Å². The first-order valence-electron chi connectivity index (χ1n) is 4.74. The fourth-order valence-corrected chi connectivity index (χ4v) is 1.17. The van der Waals surface area contributed by atoms with Gasteiger partial charge in [0.1, 0.15) is 6.29 Å². The second kappa shape index (κ2) is 5.74. The van der Waals surface area contributed by atoms with Crippen LogP contribution in [0.3, 0.4) is 0 Å². The predicted molar refractivity (Wildman–Crippen MR) is 57.7 cm³/mol. The lowest BCUT2D eigenvalue weighted by Crippen LogP contribution is -2.12. The van der Waals surface area contributed by atoms with Crippen molar-refractivity contribution in [1.29, 1.82) is 0 Å². The van der Waals surface area contributed by atoms with Crippen LogP contribution in [0.15, 0.2) is 24.3 Å². The molecule has 0 N–H and O–H groups in total. The van der Waals surface area contributed by atoms with Crippen LogP contribution in [0.1, 0.15) is 40.0 Å². The first kappa shape index (κ1) is 12.2. The van der Waals surface area contributed by atoms with Gasteiger partial charge in [0, 0.05) is 6.42 Å². The highest BCUT2D eigenvalue weighted by atomic mass is 16.1. The Morgan fingerprint density at radius 2 is 2.08 bits per heavy atom. The molecule has 0 saturated heterocycles. The number of carbonyl (C=O) groups is 1. The Hall–Kier alpha value is -0.850. The van der Waals surface area contributed by atoms with Gasteiger partial charge in [-0.1, -0.05) is 24.6 Å². The molecule has 0 aliphatic heterocycles. The lowest BCUT2D eigenvalue weighted by atomic mass is 9.83. The van der Waals surface area contributed by atoms with Gasteiger partial charge in [0.25, 0.3) is 0 Å². The topological polar surface area (TPSA) is 17.1 Å². The average molecular weight is 180 g/mol. The molecule has 1 atom stereocenters. The zero-order chi connectivity index (χ0) is 10.3.